The van der Waals surface area contributed by atoms with Gasteiger partial charge in [-0.15, -0.1) is 11.3 Å². The summed E-state index contributed by atoms with van der Waals surface area (Å²) in [7, 11) is 0. The minimum Gasteiger partial charge on any atom is -0.334 e. The van der Waals surface area contributed by atoms with Crippen LogP contribution in [0.25, 0.3) is 10.2 Å². The highest BCUT2D eigenvalue weighted by Crippen LogP contribution is 2.26. The number of rotatable bonds is 1. The molecule has 1 aliphatic rings. The molecular formula is C14H15FN2OS. The Bertz CT molecular complexity index is 625. The first kappa shape index (κ1) is 12.5. The van der Waals surface area contributed by atoms with Crippen molar-refractivity contribution in [2.24, 2.45) is 0 Å². The predicted octanol–water partition coefficient (Wildman–Crippen LogP) is 3.45. The molecule has 1 aliphatic heterocycles. The quantitative estimate of drug-likeness (QED) is 0.800. The molecule has 1 saturated heterocycles. The van der Waals surface area contributed by atoms with E-state index in [4.69, 9.17) is 0 Å². The predicted molar refractivity (Wildman–Crippen MR) is 73.9 cm³/mol. The van der Waals surface area contributed by atoms with Gasteiger partial charge in [0.2, 0.25) is 0 Å². The Morgan fingerprint density at radius 2 is 2.32 bits per heavy atom. The Hall–Kier alpha value is -1.49. The van der Waals surface area contributed by atoms with Crippen LogP contribution in [0.3, 0.4) is 0 Å². The van der Waals surface area contributed by atoms with Crippen LogP contribution in [0.1, 0.15) is 36.0 Å². The van der Waals surface area contributed by atoms with Crippen molar-refractivity contribution in [3.8, 4) is 0 Å². The van der Waals surface area contributed by atoms with Crippen LogP contribution in [0.2, 0.25) is 0 Å². The van der Waals surface area contributed by atoms with Gasteiger partial charge in [0.05, 0.1) is 10.2 Å². The van der Waals surface area contributed by atoms with Crippen molar-refractivity contribution >= 4 is 27.5 Å². The monoisotopic (exact) mass is 278 g/mol. The average Bonchev–Trinajstić information content (AvgIpc) is 2.81. The number of halogens is 1. The van der Waals surface area contributed by atoms with Crippen LogP contribution < -0.4 is 0 Å². The van der Waals surface area contributed by atoms with Crippen LogP contribution in [0.4, 0.5) is 4.39 Å². The van der Waals surface area contributed by atoms with Crippen molar-refractivity contribution < 1.29 is 9.18 Å². The molecule has 1 atom stereocenters. The SMILES string of the molecule is CC1CCCCN1C(=O)c1nc2ccc(F)cc2s1. The first-order chi connectivity index (χ1) is 9.15. The number of nitrogens with zero attached hydrogens (tertiary/aromatic N) is 2. The molecule has 3 nitrogen and oxygen atoms in total. The highest BCUT2D eigenvalue weighted by molar-refractivity contribution is 7.20. The molecule has 19 heavy (non-hydrogen) atoms. The zero-order valence-corrected chi connectivity index (χ0v) is 11.5. The molecule has 0 aliphatic carbocycles. The largest absolute Gasteiger partial charge is 0.334 e. The number of amides is 1. The van der Waals surface area contributed by atoms with Gasteiger partial charge < -0.3 is 4.90 Å². The Balaban J connectivity index is 1.92. The highest BCUT2D eigenvalue weighted by atomic mass is 32.1. The van der Waals surface area contributed by atoms with E-state index in [9.17, 15) is 9.18 Å². The molecule has 1 aromatic carbocycles. The van der Waals surface area contributed by atoms with Gasteiger partial charge in [-0.05, 0) is 44.4 Å². The van der Waals surface area contributed by atoms with Gasteiger partial charge in [-0.1, -0.05) is 0 Å². The van der Waals surface area contributed by atoms with E-state index in [2.05, 4.69) is 11.9 Å². The molecule has 1 unspecified atom stereocenters. The first-order valence-corrected chi connectivity index (χ1v) is 7.34. The maximum atomic E-state index is 13.1. The summed E-state index contributed by atoms with van der Waals surface area (Å²) in [6, 6.07) is 4.70. The summed E-state index contributed by atoms with van der Waals surface area (Å²) >= 11 is 1.27. The van der Waals surface area contributed by atoms with Crippen LogP contribution in [0, 0.1) is 5.82 Å². The molecule has 3 rings (SSSR count). The second-order valence-corrected chi connectivity index (χ2v) is 6.01. The van der Waals surface area contributed by atoms with Gasteiger partial charge in [0.25, 0.3) is 5.91 Å². The van der Waals surface area contributed by atoms with E-state index in [-0.39, 0.29) is 17.8 Å². The lowest BCUT2D eigenvalue weighted by Gasteiger charge is -2.32. The van der Waals surface area contributed by atoms with Crippen molar-refractivity contribution in [1.82, 2.24) is 9.88 Å². The van der Waals surface area contributed by atoms with Gasteiger partial charge in [0.1, 0.15) is 5.82 Å². The summed E-state index contributed by atoms with van der Waals surface area (Å²) in [5, 5.41) is 0.467. The summed E-state index contributed by atoms with van der Waals surface area (Å²) in [6.07, 6.45) is 3.27. The fraction of sp³-hybridized carbons (Fsp3) is 0.429. The molecule has 1 fully saturated rings. The van der Waals surface area contributed by atoms with Crippen LogP contribution in [0.5, 0.6) is 0 Å². The van der Waals surface area contributed by atoms with E-state index >= 15 is 0 Å². The van der Waals surface area contributed by atoms with Crippen molar-refractivity contribution in [3.05, 3.63) is 29.0 Å². The first-order valence-electron chi connectivity index (χ1n) is 6.52. The average molecular weight is 278 g/mol. The summed E-state index contributed by atoms with van der Waals surface area (Å²) in [5.41, 5.74) is 0.694. The number of benzene rings is 1. The van der Waals surface area contributed by atoms with Crippen molar-refractivity contribution in [1.29, 1.82) is 0 Å². The lowest BCUT2D eigenvalue weighted by molar-refractivity contribution is 0.0635. The Kier molecular flexibility index (Phi) is 3.22. The number of aromatic nitrogens is 1. The third-order valence-electron chi connectivity index (χ3n) is 3.60. The van der Waals surface area contributed by atoms with E-state index in [0.717, 1.165) is 24.1 Å². The standard InChI is InChI=1S/C14H15FN2OS/c1-9-4-2-3-7-17(9)14(18)13-16-11-6-5-10(15)8-12(11)19-13/h5-6,8-9H,2-4,7H2,1H3. The van der Waals surface area contributed by atoms with E-state index in [1.807, 2.05) is 4.90 Å². The number of piperidine rings is 1. The molecule has 1 aromatic heterocycles. The molecule has 0 N–H and O–H groups in total. The van der Waals surface area contributed by atoms with E-state index in [1.165, 1.54) is 29.9 Å². The van der Waals surface area contributed by atoms with Gasteiger partial charge in [-0.25, -0.2) is 9.37 Å². The molecule has 100 valence electrons. The molecule has 1 amide bonds. The van der Waals surface area contributed by atoms with Crippen molar-refractivity contribution in [2.45, 2.75) is 32.2 Å². The molecule has 0 bridgehead atoms. The van der Waals surface area contributed by atoms with E-state index < -0.39 is 0 Å². The fourth-order valence-corrected chi connectivity index (χ4v) is 3.46. The summed E-state index contributed by atoms with van der Waals surface area (Å²) < 4.78 is 13.9. The second-order valence-electron chi connectivity index (χ2n) is 4.97. The van der Waals surface area contributed by atoms with Crippen LogP contribution in [-0.4, -0.2) is 28.4 Å². The van der Waals surface area contributed by atoms with Crippen molar-refractivity contribution in [3.63, 3.8) is 0 Å². The van der Waals surface area contributed by atoms with Crippen LogP contribution >= 0.6 is 11.3 Å². The molecule has 0 radical (unpaired) electrons. The number of likely N-dealkylation sites (tertiary alicyclic amines) is 1. The minimum atomic E-state index is -0.290. The fourth-order valence-electron chi connectivity index (χ4n) is 2.51. The second kappa shape index (κ2) is 4.89. The summed E-state index contributed by atoms with van der Waals surface area (Å²) in [6.45, 7) is 2.87. The number of hydrogen-bond acceptors (Lipinski definition) is 3. The lowest BCUT2D eigenvalue weighted by atomic mass is 10.0. The van der Waals surface area contributed by atoms with Crippen LogP contribution in [0.15, 0.2) is 18.2 Å². The zero-order valence-electron chi connectivity index (χ0n) is 10.7. The Labute approximate surface area is 115 Å². The highest BCUT2D eigenvalue weighted by Gasteiger charge is 2.26. The maximum Gasteiger partial charge on any atom is 0.283 e. The number of thiazole rings is 1. The van der Waals surface area contributed by atoms with Crippen LogP contribution in [-0.2, 0) is 0 Å². The Morgan fingerprint density at radius 1 is 1.47 bits per heavy atom. The zero-order chi connectivity index (χ0) is 13.4. The lowest BCUT2D eigenvalue weighted by Crippen LogP contribution is -2.41. The smallest absolute Gasteiger partial charge is 0.283 e. The minimum absolute atomic E-state index is 0.0196. The van der Waals surface area contributed by atoms with E-state index in [1.54, 1.807) is 6.07 Å². The number of hydrogen-bond donors (Lipinski definition) is 0. The van der Waals surface area contributed by atoms with Gasteiger partial charge in [0, 0.05) is 12.6 Å². The van der Waals surface area contributed by atoms with Crippen molar-refractivity contribution in [2.75, 3.05) is 6.54 Å². The maximum absolute atomic E-state index is 13.1. The topological polar surface area (TPSA) is 33.2 Å². The molecule has 2 aromatic rings. The van der Waals surface area contributed by atoms with Gasteiger partial charge in [0.15, 0.2) is 5.01 Å². The van der Waals surface area contributed by atoms with Gasteiger partial charge >= 0.3 is 0 Å². The Morgan fingerprint density at radius 3 is 3.11 bits per heavy atom. The summed E-state index contributed by atoms with van der Waals surface area (Å²) in [5.74, 6) is -0.310. The molecule has 0 spiro atoms. The number of fused-ring (bicyclic) bond motifs is 1. The molecular weight excluding hydrogens is 263 g/mol. The molecule has 2 heterocycles. The summed E-state index contributed by atoms with van der Waals surface area (Å²) in [4.78, 5) is 18.7. The molecule has 0 saturated carbocycles. The van der Waals surface area contributed by atoms with E-state index in [0.29, 0.717) is 10.5 Å². The molecule has 5 heteroatoms. The number of carbonyl (C=O) groups is 1. The van der Waals surface area contributed by atoms with Gasteiger partial charge in [-0.2, -0.15) is 0 Å². The van der Waals surface area contributed by atoms with Gasteiger partial charge in [-0.3, -0.25) is 4.79 Å². The third-order valence-corrected chi connectivity index (χ3v) is 4.60. The normalized spacial score (nSPS) is 19.9. The third kappa shape index (κ3) is 2.34. The number of carbonyl (C=O) groups excluding carboxylic acids is 1.